The molecule has 0 saturated carbocycles. The Bertz CT molecular complexity index is 1140. The van der Waals surface area contributed by atoms with Crippen LogP contribution in [0.4, 0.5) is 13.2 Å². The number of carbonyl (C=O) groups is 2. The zero-order chi connectivity index (χ0) is 21.7. The van der Waals surface area contributed by atoms with Gasteiger partial charge in [0.05, 0.1) is 21.5 Å². The van der Waals surface area contributed by atoms with Gasteiger partial charge in [0.2, 0.25) is 0 Å². The molecule has 1 N–H and O–H groups in total. The summed E-state index contributed by atoms with van der Waals surface area (Å²) in [6.07, 6.45) is -3.74. The van der Waals surface area contributed by atoms with Gasteiger partial charge in [-0.25, -0.2) is 0 Å². The highest BCUT2D eigenvalue weighted by atomic mass is 35.5. The Kier molecular flexibility index (Phi) is 5.52. The highest BCUT2D eigenvalue weighted by Crippen LogP contribution is 2.34. The summed E-state index contributed by atoms with van der Waals surface area (Å²) in [5, 5.41) is 6.89. The molecule has 0 aliphatic rings. The first-order valence-corrected chi connectivity index (χ1v) is 9.70. The number of thioether (sulfide) groups is 1. The maximum atomic E-state index is 13.1. The second-order valence-electron chi connectivity index (χ2n) is 6.56. The first-order valence-electron chi connectivity index (χ1n) is 8.44. The minimum Gasteiger partial charge on any atom is -0.355 e. The number of nitrogens with one attached hydrogen (secondary N) is 1. The van der Waals surface area contributed by atoms with Gasteiger partial charge < -0.3 is 4.98 Å². The fraction of sp³-hybridized carbons (Fsp3) is 0.333. The van der Waals surface area contributed by atoms with Gasteiger partial charge >= 0.3 is 6.18 Å². The Labute approximate surface area is 172 Å². The van der Waals surface area contributed by atoms with E-state index < -0.39 is 17.0 Å². The van der Waals surface area contributed by atoms with Crippen LogP contribution >= 0.6 is 23.4 Å². The number of alkyl halides is 3. The van der Waals surface area contributed by atoms with Crippen LogP contribution in [0.15, 0.2) is 17.4 Å². The van der Waals surface area contributed by atoms with Crippen molar-refractivity contribution in [3.63, 3.8) is 0 Å². The Hall–Kier alpha value is -2.33. The molecule has 3 rings (SSSR count). The molecule has 0 fully saturated rings. The van der Waals surface area contributed by atoms with Crippen LogP contribution in [-0.4, -0.2) is 36.4 Å². The second-order valence-corrected chi connectivity index (χ2v) is 8.27. The third-order valence-corrected chi connectivity index (χ3v) is 5.78. The molecule has 0 aliphatic carbocycles. The Morgan fingerprint density at radius 3 is 2.48 bits per heavy atom. The number of aromatic amines is 1. The van der Waals surface area contributed by atoms with E-state index in [1.54, 1.807) is 20.8 Å². The quantitative estimate of drug-likeness (QED) is 0.446. The average molecular weight is 445 g/mol. The van der Waals surface area contributed by atoms with Gasteiger partial charge in [0.1, 0.15) is 0 Å². The molecule has 11 heteroatoms. The summed E-state index contributed by atoms with van der Waals surface area (Å²) in [5.74, 6) is -0.466. The van der Waals surface area contributed by atoms with E-state index in [9.17, 15) is 22.8 Å². The molecule has 154 valence electrons. The minimum absolute atomic E-state index is 0.0626. The molecule has 0 saturated heterocycles. The van der Waals surface area contributed by atoms with E-state index in [0.717, 1.165) is 28.4 Å². The van der Waals surface area contributed by atoms with Crippen molar-refractivity contribution in [2.45, 2.75) is 44.3 Å². The Balaban J connectivity index is 1.95. The van der Waals surface area contributed by atoms with Crippen LogP contribution in [0.1, 0.15) is 51.5 Å². The van der Waals surface area contributed by atoms with Gasteiger partial charge in [-0.05, 0) is 39.3 Å². The van der Waals surface area contributed by atoms with Crippen molar-refractivity contribution in [2.24, 2.45) is 0 Å². The number of nitrogens with zero attached hydrogens (tertiary/aromatic N) is 3. The average Bonchev–Trinajstić information content (AvgIpc) is 3.14. The highest BCUT2D eigenvalue weighted by molar-refractivity contribution is 8.00. The molecular weight excluding hydrogens is 429 g/mol. The number of hydrogen-bond donors (Lipinski definition) is 1. The van der Waals surface area contributed by atoms with Gasteiger partial charge in [0.15, 0.2) is 22.4 Å². The van der Waals surface area contributed by atoms with E-state index in [1.807, 2.05) is 0 Å². The Morgan fingerprint density at radius 2 is 1.93 bits per heavy atom. The highest BCUT2D eigenvalue weighted by Gasteiger charge is 2.33. The lowest BCUT2D eigenvalue weighted by molar-refractivity contribution is -0.137. The topological polar surface area (TPSA) is 80.1 Å². The van der Waals surface area contributed by atoms with Crippen molar-refractivity contribution < 1.29 is 22.8 Å². The van der Waals surface area contributed by atoms with Gasteiger partial charge in [-0.1, -0.05) is 23.4 Å². The van der Waals surface area contributed by atoms with Gasteiger partial charge in [-0.3, -0.25) is 14.0 Å². The number of aryl methyl sites for hydroxylation is 1. The SMILES string of the molecule is CC(=O)c1c(C)[nH]c(C(=O)C(C)Sc2nnc3c(Cl)cc(C(F)(F)F)cn23)c1C. The number of pyridine rings is 1. The zero-order valence-electron chi connectivity index (χ0n) is 15.8. The van der Waals surface area contributed by atoms with E-state index >= 15 is 0 Å². The summed E-state index contributed by atoms with van der Waals surface area (Å²) >= 11 is 6.86. The predicted octanol–water partition coefficient (Wildman–Crippen LogP) is 4.91. The van der Waals surface area contributed by atoms with Crippen LogP contribution < -0.4 is 0 Å². The molecule has 3 heterocycles. The smallest absolute Gasteiger partial charge is 0.355 e. The van der Waals surface area contributed by atoms with Crippen molar-refractivity contribution in [3.05, 3.63) is 45.4 Å². The summed E-state index contributed by atoms with van der Waals surface area (Å²) < 4.78 is 40.4. The molecule has 0 bridgehead atoms. The number of Topliss-reactive ketones (excluding diaryl/α,β-unsaturated/α-hetero) is 2. The Morgan fingerprint density at radius 1 is 1.28 bits per heavy atom. The van der Waals surface area contributed by atoms with Crippen molar-refractivity contribution in [1.82, 2.24) is 19.6 Å². The van der Waals surface area contributed by atoms with E-state index in [-0.39, 0.29) is 33.1 Å². The van der Waals surface area contributed by atoms with E-state index in [0.29, 0.717) is 16.8 Å². The predicted molar refractivity (Wildman–Crippen MR) is 103 cm³/mol. The van der Waals surface area contributed by atoms with Crippen molar-refractivity contribution in [1.29, 1.82) is 0 Å². The van der Waals surface area contributed by atoms with Gasteiger partial charge in [-0.15, -0.1) is 10.2 Å². The van der Waals surface area contributed by atoms with Crippen molar-refractivity contribution in [2.75, 3.05) is 0 Å². The molecule has 1 atom stereocenters. The number of halogens is 4. The molecule has 1 unspecified atom stereocenters. The number of carbonyl (C=O) groups excluding carboxylic acids is 2. The summed E-state index contributed by atoms with van der Waals surface area (Å²) in [6, 6.07) is 0.781. The lowest BCUT2D eigenvalue weighted by atomic mass is 10.0. The first-order chi connectivity index (χ1) is 13.4. The molecule has 6 nitrogen and oxygen atoms in total. The van der Waals surface area contributed by atoms with Gasteiger partial charge in [0.25, 0.3) is 0 Å². The molecule has 3 aromatic rings. The van der Waals surface area contributed by atoms with Crippen LogP contribution in [0.25, 0.3) is 5.65 Å². The summed E-state index contributed by atoms with van der Waals surface area (Å²) in [6.45, 7) is 6.39. The molecule has 0 spiro atoms. The number of hydrogen-bond acceptors (Lipinski definition) is 5. The minimum atomic E-state index is -4.59. The van der Waals surface area contributed by atoms with E-state index in [2.05, 4.69) is 15.2 Å². The van der Waals surface area contributed by atoms with Crippen LogP contribution in [0, 0.1) is 13.8 Å². The fourth-order valence-electron chi connectivity index (χ4n) is 3.11. The number of aromatic nitrogens is 4. The van der Waals surface area contributed by atoms with Crippen molar-refractivity contribution >= 4 is 40.6 Å². The standard InChI is InChI=1S/C18H16ClF3N4O2S/c1-7-13(9(3)27)8(2)23-14(7)15(28)10(4)29-17-25-24-16-12(19)5-11(6-26(16)17)18(20,21)22/h5-6,10,23H,1-4H3. The maximum absolute atomic E-state index is 13.1. The fourth-order valence-corrected chi connectivity index (χ4v) is 4.24. The van der Waals surface area contributed by atoms with Crippen LogP contribution in [0.3, 0.4) is 0 Å². The van der Waals surface area contributed by atoms with Gasteiger partial charge in [0, 0.05) is 17.5 Å². The zero-order valence-corrected chi connectivity index (χ0v) is 17.4. The number of ketones is 2. The molecule has 29 heavy (non-hydrogen) atoms. The first kappa shape index (κ1) is 21.4. The normalized spacial score (nSPS) is 13.1. The number of fused-ring (bicyclic) bond motifs is 1. The van der Waals surface area contributed by atoms with Crippen LogP contribution in [-0.2, 0) is 6.18 Å². The third-order valence-electron chi connectivity index (χ3n) is 4.44. The molecular formula is C18H16ClF3N4O2S. The molecule has 0 aromatic carbocycles. The monoisotopic (exact) mass is 444 g/mol. The maximum Gasteiger partial charge on any atom is 0.417 e. The molecule has 0 amide bonds. The lowest BCUT2D eigenvalue weighted by Crippen LogP contribution is -2.16. The number of H-pyrrole nitrogens is 1. The molecule has 0 radical (unpaired) electrons. The van der Waals surface area contributed by atoms with Gasteiger partial charge in [-0.2, -0.15) is 13.2 Å². The summed E-state index contributed by atoms with van der Waals surface area (Å²) in [4.78, 5) is 27.6. The largest absolute Gasteiger partial charge is 0.417 e. The molecule has 3 aromatic heterocycles. The second kappa shape index (κ2) is 7.49. The van der Waals surface area contributed by atoms with E-state index in [4.69, 9.17) is 11.6 Å². The third kappa shape index (κ3) is 3.91. The van der Waals surface area contributed by atoms with E-state index in [1.165, 1.54) is 6.92 Å². The molecule has 0 aliphatic heterocycles. The van der Waals surface area contributed by atoms with Crippen LogP contribution in [0.2, 0.25) is 5.02 Å². The lowest BCUT2D eigenvalue weighted by Gasteiger charge is -2.11. The summed E-state index contributed by atoms with van der Waals surface area (Å²) in [5.41, 5.74) is 0.992. The number of rotatable bonds is 5. The van der Waals surface area contributed by atoms with Crippen LogP contribution in [0.5, 0.6) is 0 Å². The summed E-state index contributed by atoms with van der Waals surface area (Å²) in [7, 11) is 0. The van der Waals surface area contributed by atoms with Crippen molar-refractivity contribution in [3.8, 4) is 0 Å².